The first kappa shape index (κ1) is 13.1. The van der Waals surface area contributed by atoms with E-state index >= 15 is 0 Å². The number of nitrogens with zero attached hydrogens (tertiary/aromatic N) is 1. The van der Waals surface area contributed by atoms with Crippen molar-refractivity contribution in [3.05, 3.63) is 34.3 Å². The standard InChI is InChI=1S/C11H13N3O5/c15-10(7-6-8(7)14(17)18)12-3-4-13-11(16)9-2-1-5-19-9/h1-2,5,7-8H,3-4,6H2,(H,12,15)(H,13,16). The quantitative estimate of drug-likeness (QED) is 0.420. The number of furan rings is 1. The molecular weight excluding hydrogens is 254 g/mol. The van der Waals surface area contributed by atoms with Crippen LogP contribution in [0.5, 0.6) is 0 Å². The number of nitrogens with one attached hydrogen (secondary N) is 2. The molecule has 1 aromatic heterocycles. The van der Waals surface area contributed by atoms with Crippen molar-refractivity contribution in [1.29, 1.82) is 0 Å². The van der Waals surface area contributed by atoms with Gasteiger partial charge in [-0.05, 0) is 12.1 Å². The zero-order chi connectivity index (χ0) is 13.8. The van der Waals surface area contributed by atoms with Gasteiger partial charge in [-0.15, -0.1) is 0 Å². The van der Waals surface area contributed by atoms with Crippen LogP contribution in [-0.4, -0.2) is 35.9 Å². The lowest BCUT2D eigenvalue weighted by Crippen LogP contribution is -2.36. The Morgan fingerprint density at radius 2 is 2.16 bits per heavy atom. The van der Waals surface area contributed by atoms with Gasteiger partial charge in [-0.1, -0.05) is 0 Å². The Labute approximate surface area is 108 Å². The highest BCUT2D eigenvalue weighted by Gasteiger charge is 2.53. The third-order valence-corrected chi connectivity index (χ3v) is 2.82. The second kappa shape index (κ2) is 5.51. The van der Waals surface area contributed by atoms with E-state index < -0.39 is 16.9 Å². The highest BCUT2D eigenvalue weighted by atomic mass is 16.6. The minimum absolute atomic E-state index is 0.196. The van der Waals surface area contributed by atoms with E-state index in [-0.39, 0.29) is 37.1 Å². The molecule has 102 valence electrons. The molecule has 2 N–H and O–H groups in total. The predicted molar refractivity (Wildman–Crippen MR) is 62.9 cm³/mol. The van der Waals surface area contributed by atoms with Crippen LogP contribution in [0.25, 0.3) is 0 Å². The molecule has 0 bridgehead atoms. The average Bonchev–Trinajstić information content (AvgIpc) is 3.01. The fourth-order valence-electron chi connectivity index (χ4n) is 1.68. The molecule has 1 heterocycles. The SMILES string of the molecule is O=C(NCCNC(=O)C1CC1[N+](=O)[O-])c1ccco1. The van der Waals surface area contributed by atoms with E-state index in [4.69, 9.17) is 4.42 Å². The van der Waals surface area contributed by atoms with Crippen molar-refractivity contribution in [3.63, 3.8) is 0 Å². The molecule has 1 aliphatic carbocycles. The van der Waals surface area contributed by atoms with Crippen molar-refractivity contribution in [2.75, 3.05) is 13.1 Å². The summed E-state index contributed by atoms with van der Waals surface area (Å²) in [7, 11) is 0. The van der Waals surface area contributed by atoms with Gasteiger partial charge in [-0.2, -0.15) is 0 Å². The molecule has 2 unspecified atom stereocenters. The van der Waals surface area contributed by atoms with E-state index in [1.807, 2.05) is 0 Å². The minimum Gasteiger partial charge on any atom is -0.459 e. The van der Waals surface area contributed by atoms with E-state index in [1.165, 1.54) is 12.3 Å². The van der Waals surface area contributed by atoms with E-state index in [2.05, 4.69) is 10.6 Å². The molecule has 0 aromatic carbocycles. The lowest BCUT2D eigenvalue weighted by molar-refractivity contribution is -0.497. The molecule has 8 heteroatoms. The van der Waals surface area contributed by atoms with Crippen molar-refractivity contribution in [2.45, 2.75) is 12.5 Å². The lowest BCUT2D eigenvalue weighted by Gasteiger charge is -2.04. The molecule has 0 spiro atoms. The smallest absolute Gasteiger partial charge is 0.287 e. The van der Waals surface area contributed by atoms with Crippen molar-refractivity contribution in [2.24, 2.45) is 5.92 Å². The molecule has 0 radical (unpaired) electrons. The molecule has 1 aliphatic rings. The van der Waals surface area contributed by atoms with Crippen molar-refractivity contribution in [1.82, 2.24) is 10.6 Å². The van der Waals surface area contributed by atoms with Crippen LogP contribution in [-0.2, 0) is 4.79 Å². The monoisotopic (exact) mass is 267 g/mol. The number of carbonyl (C=O) groups is 2. The van der Waals surface area contributed by atoms with Crippen molar-refractivity contribution < 1.29 is 18.9 Å². The molecule has 8 nitrogen and oxygen atoms in total. The summed E-state index contributed by atoms with van der Waals surface area (Å²) in [4.78, 5) is 32.8. The summed E-state index contributed by atoms with van der Waals surface area (Å²) in [5.41, 5.74) is 0. The maximum Gasteiger partial charge on any atom is 0.287 e. The van der Waals surface area contributed by atoms with E-state index in [9.17, 15) is 19.7 Å². The molecular formula is C11H13N3O5. The summed E-state index contributed by atoms with van der Waals surface area (Å²) in [6.07, 6.45) is 1.68. The highest BCUT2D eigenvalue weighted by Crippen LogP contribution is 2.32. The Morgan fingerprint density at radius 1 is 1.42 bits per heavy atom. The first-order valence-corrected chi connectivity index (χ1v) is 5.82. The van der Waals surface area contributed by atoms with Gasteiger partial charge in [0.1, 0.15) is 5.92 Å². The first-order valence-electron chi connectivity index (χ1n) is 5.82. The van der Waals surface area contributed by atoms with E-state index in [0.717, 1.165) is 0 Å². The zero-order valence-electron chi connectivity index (χ0n) is 10.00. The van der Waals surface area contributed by atoms with Gasteiger partial charge in [0.2, 0.25) is 11.9 Å². The molecule has 1 saturated carbocycles. The Bertz CT molecular complexity index is 485. The molecule has 2 amide bonds. The number of carbonyl (C=O) groups excluding carboxylic acids is 2. The van der Waals surface area contributed by atoms with Gasteiger partial charge in [0, 0.05) is 24.4 Å². The van der Waals surface area contributed by atoms with Gasteiger partial charge in [0.05, 0.1) is 6.26 Å². The maximum absolute atomic E-state index is 11.4. The Morgan fingerprint density at radius 3 is 2.74 bits per heavy atom. The van der Waals surface area contributed by atoms with Crippen LogP contribution in [0.1, 0.15) is 17.0 Å². The summed E-state index contributed by atoms with van der Waals surface area (Å²) in [6.45, 7) is 0.466. The number of amides is 2. The molecule has 0 aliphatic heterocycles. The molecule has 19 heavy (non-hydrogen) atoms. The van der Waals surface area contributed by atoms with Crippen molar-refractivity contribution >= 4 is 11.8 Å². The van der Waals surface area contributed by atoms with Crippen LogP contribution in [0.3, 0.4) is 0 Å². The zero-order valence-corrected chi connectivity index (χ0v) is 10.00. The summed E-state index contributed by atoms with van der Waals surface area (Å²) in [6, 6.07) is 2.37. The molecule has 0 saturated heterocycles. The topological polar surface area (TPSA) is 114 Å². The molecule has 2 atom stereocenters. The number of hydrogen-bond donors (Lipinski definition) is 2. The average molecular weight is 267 g/mol. The third-order valence-electron chi connectivity index (χ3n) is 2.82. The summed E-state index contributed by atoms with van der Waals surface area (Å²) in [5, 5.41) is 15.5. The Balaban J connectivity index is 1.61. The minimum atomic E-state index is -0.752. The van der Waals surface area contributed by atoms with Crippen molar-refractivity contribution in [3.8, 4) is 0 Å². The Kier molecular flexibility index (Phi) is 3.79. The van der Waals surface area contributed by atoms with E-state index in [1.54, 1.807) is 6.07 Å². The van der Waals surface area contributed by atoms with Crippen LogP contribution in [0.4, 0.5) is 0 Å². The summed E-state index contributed by atoms with van der Waals surface area (Å²) >= 11 is 0. The summed E-state index contributed by atoms with van der Waals surface area (Å²) < 4.78 is 4.89. The second-order valence-corrected chi connectivity index (χ2v) is 4.22. The Hall–Kier alpha value is -2.38. The lowest BCUT2D eigenvalue weighted by atomic mass is 10.3. The van der Waals surface area contributed by atoms with Gasteiger partial charge < -0.3 is 15.1 Å². The third kappa shape index (κ3) is 3.30. The van der Waals surface area contributed by atoms with Crippen LogP contribution in [0.2, 0.25) is 0 Å². The fourth-order valence-corrected chi connectivity index (χ4v) is 1.68. The summed E-state index contributed by atoms with van der Waals surface area (Å²) in [5.74, 6) is -1.04. The number of rotatable bonds is 6. The van der Waals surface area contributed by atoms with Crippen LogP contribution < -0.4 is 10.6 Å². The van der Waals surface area contributed by atoms with Gasteiger partial charge in [-0.25, -0.2) is 0 Å². The molecule has 2 rings (SSSR count). The van der Waals surface area contributed by atoms with E-state index in [0.29, 0.717) is 0 Å². The largest absolute Gasteiger partial charge is 0.459 e. The van der Waals surface area contributed by atoms with Crippen LogP contribution in [0.15, 0.2) is 22.8 Å². The number of hydrogen-bond acceptors (Lipinski definition) is 5. The second-order valence-electron chi connectivity index (χ2n) is 4.22. The first-order chi connectivity index (χ1) is 9.09. The van der Waals surface area contributed by atoms with Gasteiger partial charge >= 0.3 is 0 Å². The van der Waals surface area contributed by atoms with Gasteiger partial charge in [0.15, 0.2) is 5.76 Å². The van der Waals surface area contributed by atoms with Gasteiger partial charge in [0.25, 0.3) is 5.91 Å². The maximum atomic E-state index is 11.4. The van der Waals surface area contributed by atoms with Gasteiger partial charge in [-0.3, -0.25) is 19.7 Å². The fraction of sp³-hybridized carbons (Fsp3) is 0.455. The molecule has 1 fully saturated rings. The number of nitro groups is 1. The predicted octanol–water partition coefficient (Wildman–Crippen LogP) is -0.209. The normalized spacial score (nSPS) is 20.6. The highest BCUT2D eigenvalue weighted by molar-refractivity contribution is 5.91. The van der Waals surface area contributed by atoms with Crippen LogP contribution in [0, 0.1) is 16.0 Å². The molecule has 1 aromatic rings. The van der Waals surface area contributed by atoms with Crippen LogP contribution >= 0.6 is 0 Å².